The Bertz CT molecular complexity index is 377. The molecule has 0 spiro atoms. The highest BCUT2D eigenvalue weighted by atomic mass is 16.1. The molecular weight excluding hydrogens is 192 g/mol. The van der Waals surface area contributed by atoms with E-state index in [1.54, 1.807) is 0 Å². The number of aromatic nitrogens is 1. The van der Waals surface area contributed by atoms with Gasteiger partial charge in [-0.15, -0.1) is 0 Å². The molecule has 5 nitrogen and oxygen atoms in total. The number of hydrogen-bond donors (Lipinski definition) is 2. The van der Waals surface area contributed by atoms with Crippen LogP contribution in [-0.4, -0.2) is 10.5 Å². The van der Waals surface area contributed by atoms with Crippen LogP contribution in [0.15, 0.2) is 18.3 Å². The number of primary amides is 1. The maximum atomic E-state index is 10.7. The second-order valence-corrected chi connectivity index (χ2v) is 3.31. The number of aryl methyl sites for hydroxylation is 1. The Balaban J connectivity index is 2.71. The smallest absolute Gasteiger partial charge is 0.219 e. The van der Waals surface area contributed by atoms with Crippen molar-refractivity contribution in [3.05, 3.63) is 24.0 Å². The molecule has 0 saturated carbocycles. The van der Waals surface area contributed by atoms with Gasteiger partial charge >= 0.3 is 0 Å². The van der Waals surface area contributed by atoms with Crippen LogP contribution in [0, 0.1) is 11.3 Å². The third kappa shape index (κ3) is 3.11. The molecule has 15 heavy (non-hydrogen) atoms. The van der Waals surface area contributed by atoms with Gasteiger partial charge in [-0.3, -0.25) is 4.79 Å². The molecule has 0 saturated heterocycles. The molecule has 0 bridgehead atoms. The second kappa shape index (κ2) is 5.17. The number of rotatable bonds is 5. The first-order valence-corrected chi connectivity index (χ1v) is 4.71. The predicted molar refractivity (Wildman–Crippen MR) is 55.4 cm³/mol. The number of amides is 1. The van der Waals surface area contributed by atoms with E-state index in [9.17, 15) is 4.79 Å². The lowest BCUT2D eigenvalue weighted by molar-refractivity contribution is -0.118. The molecule has 80 valence electrons. The molecule has 0 aliphatic heterocycles. The molecule has 5 heteroatoms. The molecule has 0 fully saturated rings. The fraction of sp³-hybridized carbons (Fsp3) is 0.400. The van der Waals surface area contributed by atoms with Crippen molar-refractivity contribution < 1.29 is 4.79 Å². The van der Waals surface area contributed by atoms with Gasteiger partial charge in [0.25, 0.3) is 0 Å². The average Bonchev–Trinajstić information content (AvgIpc) is 2.61. The van der Waals surface area contributed by atoms with Crippen LogP contribution in [0.3, 0.4) is 0 Å². The van der Waals surface area contributed by atoms with Gasteiger partial charge < -0.3 is 16.0 Å². The largest absolute Gasteiger partial charge is 0.370 e. The quantitative estimate of drug-likeness (QED) is 0.723. The third-order valence-corrected chi connectivity index (χ3v) is 2.13. The van der Waals surface area contributed by atoms with E-state index >= 15 is 0 Å². The molecule has 1 heterocycles. The van der Waals surface area contributed by atoms with E-state index in [4.69, 9.17) is 16.7 Å². The lowest BCUT2D eigenvalue weighted by Gasteiger charge is -2.13. The van der Waals surface area contributed by atoms with Gasteiger partial charge in [0.05, 0.1) is 18.5 Å². The van der Waals surface area contributed by atoms with E-state index in [1.165, 1.54) is 0 Å². The Labute approximate surface area is 88.3 Å². The maximum Gasteiger partial charge on any atom is 0.219 e. The monoisotopic (exact) mass is 206 g/mol. The zero-order valence-corrected chi connectivity index (χ0v) is 8.39. The fourth-order valence-electron chi connectivity index (χ4n) is 1.46. The molecule has 1 atom stereocenters. The van der Waals surface area contributed by atoms with Crippen molar-refractivity contribution >= 4 is 5.91 Å². The van der Waals surface area contributed by atoms with E-state index in [0.717, 1.165) is 5.69 Å². The molecule has 0 aliphatic carbocycles. The summed E-state index contributed by atoms with van der Waals surface area (Å²) in [5.74, 6) is -0.421. The molecule has 1 aromatic heterocycles. The summed E-state index contributed by atoms with van der Waals surface area (Å²) in [5, 5.41) is 8.47. The van der Waals surface area contributed by atoms with Crippen LogP contribution in [0.5, 0.6) is 0 Å². The number of hydrogen-bond acceptors (Lipinski definition) is 3. The maximum absolute atomic E-state index is 10.7. The molecule has 0 aliphatic rings. The van der Waals surface area contributed by atoms with Crippen LogP contribution < -0.4 is 11.5 Å². The first-order valence-electron chi connectivity index (χ1n) is 4.71. The van der Waals surface area contributed by atoms with Gasteiger partial charge in [0, 0.05) is 24.9 Å². The zero-order chi connectivity index (χ0) is 11.3. The van der Waals surface area contributed by atoms with E-state index in [2.05, 4.69) is 6.07 Å². The first kappa shape index (κ1) is 11.3. The zero-order valence-electron chi connectivity index (χ0n) is 8.39. The van der Waals surface area contributed by atoms with Crippen molar-refractivity contribution in [2.45, 2.75) is 25.4 Å². The Hall–Kier alpha value is -1.80. The average molecular weight is 206 g/mol. The van der Waals surface area contributed by atoms with Crippen molar-refractivity contribution in [3.8, 4) is 6.07 Å². The summed E-state index contributed by atoms with van der Waals surface area (Å²) in [7, 11) is 0. The topological polar surface area (TPSA) is 97.8 Å². The van der Waals surface area contributed by atoms with E-state index in [-0.39, 0.29) is 6.42 Å². The molecule has 1 amide bonds. The van der Waals surface area contributed by atoms with Gasteiger partial charge in [0.2, 0.25) is 5.91 Å². The second-order valence-electron chi connectivity index (χ2n) is 3.31. The van der Waals surface area contributed by atoms with Crippen LogP contribution >= 0.6 is 0 Å². The summed E-state index contributed by atoms with van der Waals surface area (Å²) in [5.41, 5.74) is 11.7. The minimum atomic E-state index is -0.421. The summed E-state index contributed by atoms with van der Waals surface area (Å²) < 4.78 is 1.87. The van der Waals surface area contributed by atoms with Crippen LogP contribution in [0.1, 0.15) is 24.6 Å². The van der Waals surface area contributed by atoms with E-state index in [0.29, 0.717) is 13.0 Å². The normalized spacial score (nSPS) is 12.0. The van der Waals surface area contributed by atoms with Crippen molar-refractivity contribution in [2.24, 2.45) is 11.5 Å². The number of carbonyl (C=O) groups excluding carboxylic acids is 1. The first-order chi connectivity index (χ1) is 7.15. The molecule has 0 radical (unpaired) electrons. The van der Waals surface area contributed by atoms with Gasteiger partial charge in [-0.1, -0.05) is 0 Å². The molecule has 1 unspecified atom stereocenters. The van der Waals surface area contributed by atoms with Gasteiger partial charge in [0.15, 0.2) is 0 Å². The predicted octanol–water partition coefficient (Wildman–Crippen LogP) is 0.277. The van der Waals surface area contributed by atoms with Crippen LogP contribution in [0.25, 0.3) is 0 Å². The Morgan fingerprint density at radius 3 is 3.00 bits per heavy atom. The van der Waals surface area contributed by atoms with Crippen LogP contribution in [-0.2, 0) is 11.3 Å². The Kier molecular flexibility index (Phi) is 3.89. The Morgan fingerprint density at radius 2 is 2.40 bits per heavy atom. The van der Waals surface area contributed by atoms with E-state index in [1.807, 2.05) is 22.9 Å². The molecule has 0 aromatic carbocycles. The number of nitrogens with two attached hydrogens (primary N) is 2. The summed E-state index contributed by atoms with van der Waals surface area (Å²) in [6.45, 7) is 0.589. The highest BCUT2D eigenvalue weighted by molar-refractivity contribution is 5.74. The summed E-state index contributed by atoms with van der Waals surface area (Å²) >= 11 is 0. The number of nitriles is 1. The van der Waals surface area contributed by atoms with Crippen molar-refractivity contribution in [3.63, 3.8) is 0 Å². The Morgan fingerprint density at radius 1 is 1.67 bits per heavy atom. The van der Waals surface area contributed by atoms with Crippen molar-refractivity contribution in [2.75, 3.05) is 0 Å². The minimum absolute atomic E-state index is 0.122. The van der Waals surface area contributed by atoms with E-state index < -0.39 is 11.9 Å². The summed E-state index contributed by atoms with van der Waals surface area (Å²) in [6, 6.07) is 5.35. The lowest BCUT2D eigenvalue weighted by Crippen LogP contribution is -2.22. The third-order valence-electron chi connectivity index (χ3n) is 2.13. The van der Waals surface area contributed by atoms with Crippen molar-refractivity contribution in [1.82, 2.24) is 4.57 Å². The van der Waals surface area contributed by atoms with Crippen molar-refractivity contribution in [1.29, 1.82) is 5.26 Å². The molecular formula is C10H14N4O. The number of nitrogens with zero attached hydrogens (tertiary/aromatic N) is 2. The molecule has 1 aromatic rings. The minimum Gasteiger partial charge on any atom is -0.370 e. The number of carbonyl (C=O) groups is 1. The standard InChI is InChI=1S/C10H14N4O/c11-4-2-6-14-5-1-3-9(14)8(12)7-10(13)15/h1,3,5,8H,2,6-7,12H2,(H2,13,15). The summed E-state index contributed by atoms with van der Waals surface area (Å²) in [6.07, 6.45) is 2.38. The van der Waals surface area contributed by atoms with Gasteiger partial charge in [-0.25, -0.2) is 0 Å². The molecule has 4 N–H and O–H groups in total. The highest BCUT2D eigenvalue weighted by Gasteiger charge is 2.12. The van der Waals surface area contributed by atoms with Gasteiger partial charge in [-0.05, 0) is 12.1 Å². The SMILES string of the molecule is N#CCCn1cccc1C(N)CC(N)=O. The fourth-order valence-corrected chi connectivity index (χ4v) is 1.46. The lowest BCUT2D eigenvalue weighted by atomic mass is 10.1. The molecule has 1 rings (SSSR count). The summed E-state index contributed by atoms with van der Waals surface area (Å²) in [4.78, 5) is 10.7. The highest BCUT2D eigenvalue weighted by Crippen LogP contribution is 2.14. The van der Waals surface area contributed by atoms with Gasteiger partial charge in [-0.2, -0.15) is 5.26 Å². The van der Waals surface area contributed by atoms with Gasteiger partial charge in [0.1, 0.15) is 0 Å². The van der Waals surface area contributed by atoms with Crippen LogP contribution in [0.4, 0.5) is 0 Å². The van der Waals surface area contributed by atoms with Crippen LogP contribution in [0.2, 0.25) is 0 Å².